The predicted molar refractivity (Wildman–Crippen MR) is 118 cm³/mol. The van der Waals surface area contributed by atoms with Crippen LogP contribution in [0.5, 0.6) is 0 Å². The first kappa shape index (κ1) is 25.6. The number of quaternary nitrogens is 1. The molecule has 1 amide bonds. The maximum atomic E-state index is 13.0. The summed E-state index contributed by atoms with van der Waals surface area (Å²) >= 11 is 0. The standard InChI is InChI=1S/C24H31FN3O.ClH/c1-3-18-28(26,19-4-2)20-17-27(23-10-6-5-7-11-23)24(29)12-8-9-21-13-15-22(25)16-14-21;/h3-7,10-11,13-16H,1-2,8-9,12,17-20,26H2;1H/q+1;/p-1. The van der Waals surface area contributed by atoms with E-state index in [1.807, 2.05) is 30.3 Å². The van der Waals surface area contributed by atoms with Crippen molar-refractivity contribution in [3.8, 4) is 0 Å². The number of hydrogen-bond acceptors (Lipinski definition) is 2. The van der Waals surface area contributed by atoms with Crippen LogP contribution in [0.4, 0.5) is 10.1 Å². The predicted octanol–water partition coefficient (Wildman–Crippen LogP) is 1.25. The highest BCUT2D eigenvalue weighted by Crippen LogP contribution is 2.17. The van der Waals surface area contributed by atoms with Crippen LogP contribution in [0.1, 0.15) is 18.4 Å². The van der Waals surface area contributed by atoms with Crippen LogP contribution in [-0.4, -0.2) is 36.7 Å². The smallest absolute Gasteiger partial charge is 0.227 e. The Morgan fingerprint density at radius 2 is 1.63 bits per heavy atom. The molecule has 0 saturated heterocycles. The highest BCUT2D eigenvalue weighted by atomic mass is 35.5. The van der Waals surface area contributed by atoms with E-state index in [0.29, 0.717) is 39.0 Å². The highest BCUT2D eigenvalue weighted by molar-refractivity contribution is 5.93. The maximum absolute atomic E-state index is 13.0. The number of rotatable bonds is 12. The zero-order chi connectivity index (χ0) is 21.1. The average molecular weight is 432 g/mol. The largest absolute Gasteiger partial charge is 1.00 e. The molecule has 0 atom stereocenters. The maximum Gasteiger partial charge on any atom is 0.227 e. The van der Waals surface area contributed by atoms with Gasteiger partial charge in [0.25, 0.3) is 0 Å². The average Bonchev–Trinajstić information content (AvgIpc) is 2.71. The number of para-hydroxylation sites is 1. The van der Waals surface area contributed by atoms with E-state index >= 15 is 0 Å². The molecule has 0 aliphatic rings. The van der Waals surface area contributed by atoms with Crippen LogP contribution in [0.2, 0.25) is 0 Å². The Morgan fingerprint density at radius 3 is 2.20 bits per heavy atom. The van der Waals surface area contributed by atoms with E-state index in [2.05, 4.69) is 13.2 Å². The molecule has 0 unspecified atom stereocenters. The van der Waals surface area contributed by atoms with Gasteiger partial charge in [-0.1, -0.05) is 43.5 Å². The third-order valence-electron chi connectivity index (χ3n) is 4.89. The van der Waals surface area contributed by atoms with Gasteiger partial charge in [-0.15, -0.1) is 0 Å². The van der Waals surface area contributed by atoms with Gasteiger partial charge < -0.3 is 17.3 Å². The van der Waals surface area contributed by atoms with Crippen molar-refractivity contribution in [3.05, 3.63) is 91.3 Å². The van der Waals surface area contributed by atoms with E-state index in [1.54, 1.807) is 29.2 Å². The van der Waals surface area contributed by atoms with E-state index < -0.39 is 0 Å². The summed E-state index contributed by atoms with van der Waals surface area (Å²) in [4.78, 5) is 14.8. The molecule has 0 aromatic heterocycles. The lowest BCUT2D eigenvalue weighted by Gasteiger charge is -2.33. The third-order valence-corrected chi connectivity index (χ3v) is 4.89. The number of aryl methyl sites for hydroxylation is 1. The van der Waals surface area contributed by atoms with Crippen molar-refractivity contribution < 1.29 is 26.2 Å². The van der Waals surface area contributed by atoms with Crippen LogP contribution >= 0.6 is 0 Å². The van der Waals surface area contributed by atoms with Crippen molar-refractivity contribution in [2.24, 2.45) is 5.84 Å². The number of halogens is 2. The van der Waals surface area contributed by atoms with Crippen molar-refractivity contribution in [1.29, 1.82) is 0 Å². The van der Waals surface area contributed by atoms with E-state index in [9.17, 15) is 9.18 Å². The van der Waals surface area contributed by atoms with Gasteiger partial charge in [-0.3, -0.25) is 4.79 Å². The van der Waals surface area contributed by atoms with Crippen LogP contribution in [0.15, 0.2) is 79.9 Å². The molecule has 0 fully saturated rings. The monoisotopic (exact) mass is 431 g/mol. The third kappa shape index (κ3) is 8.11. The minimum Gasteiger partial charge on any atom is -1.00 e. The van der Waals surface area contributed by atoms with Crippen molar-refractivity contribution in [2.45, 2.75) is 19.3 Å². The first-order valence-corrected chi connectivity index (χ1v) is 9.94. The van der Waals surface area contributed by atoms with Crippen LogP contribution in [-0.2, 0) is 11.2 Å². The molecule has 6 heteroatoms. The summed E-state index contributed by atoms with van der Waals surface area (Å²) in [5.74, 6) is 6.27. The number of carbonyl (C=O) groups excluding carboxylic acids is 1. The fourth-order valence-electron chi connectivity index (χ4n) is 3.31. The van der Waals surface area contributed by atoms with Crippen molar-refractivity contribution in [3.63, 3.8) is 0 Å². The molecule has 0 spiro atoms. The number of benzene rings is 2. The summed E-state index contributed by atoms with van der Waals surface area (Å²) in [7, 11) is 0. The van der Waals surface area contributed by atoms with Gasteiger partial charge >= 0.3 is 0 Å². The van der Waals surface area contributed by atoms with Gasteiger partial charge in [-0.25, -0.2) is 8.98 Å². The number of nitrogens with two attached hydrogens (primary N) is 1. The van der Waals surface area contributed by atoms with Gasteiger partial charge in [-0.05, 0) is 54.8 Å². The minimum absolute atomic E-state index is 0. The Labute approximate surface area is 185 Å². The van der Waals surface area contributed by atoms with Gasteiger partial charge in [0.2, 0.25) is 5.91 Å². The fourth-order valence-corrected chi connectivity index (χ4v) is 3.31. The van der Waals surface area contributed by atoms with Gasteiger partial charge in [0.1, 0.15) is 25.5 Å². The molecule has 2 N–H and O–H groups in total. The fraction of sp³-hybridized carbons (Fsp3) is 0.292. The Morgan fingerprint density at radius 1 is 1.03 bits per heavy atom. The zero-order valence-corrected chi connectivity index (χ0v) is 18.1. The lowest BCUT2D eigenvalue weighted by atomic mass is 10.1. The lowest BCUT2D eigenvalue weighted by Crippen LogP contribution is -3.00. The van der Waals surface area contributed by atoms with Crippen LogP contribution in [0, 0.1) is 5.82 Å². The lowest BCUT2D eigenvalue weighted by molar-refractivity contribution is -0.927. The summed E-state index contributed by atoms with van der Waals surface area (Å²) in [5.41, 5.74) is 1.89. The van der Waals surface area contributed by atoms with E-state index in [-0.39, 0.29) is 28.7 Å². The Balaban J connectivity index is 0.00000450. The van der Waals surface area contributed by atoms with Gasteiger partial charge in [-0.2, -0.15) is 5.84 Å². The molecule has 0 bridgehead atoms. The summed E-state index contributed by atoms with van der Waals surface area (Å²) in [5, 5.41) is 0. The summed E-state index contributed by atoms with van der Waals surface area (Å²) in [6.45, 7) is 9.89. The molecular weight excluding hydrogens is 401 g/mol. The molecule has 30 heavy (non-hydrogen) atoms. The summed E-state index contributed by atoms with van der Waals surface area (Å²) < 4.78 is 13.3. The number of amides is 1. The number of carbonyl (C=O) groups is 1. The van der Waals surface area contributed by atoms with Crippen LogP contribution in [0.25, 0.3) is 0 Å². The molecule has 2 rings (SSSR count). The number of nitrogens with zero attached hydrogens (tertiary/aromatic N) is 2. The molecule has 0 saturated carbocycles. The first-order chi connectivity index (χ1) is 14.0. The second kappa shape index (κ2) is 13.0. The number of hydrogen-bond donors (Lipinski definition) is 1. The van der Waals surface area contributed by atoms with E-state index in [1.165, 1.54) is 12.1 Å². The summed E-state index contributed by atoms with van der Waals surface area (Å²) in [6, 6.07) is 16.1. The second-order valence-electron chi connectivity index (χ2n) is 7.25. The van der Waals surface area contributed by atoms with Crippen molar-refractivity contribution in [2.75, 3.05) is 31.1 Å². The van der Waals surface area contributed by atoms with Crippen molar-refractivity contribution >= 4 is 11.6 Å². The van der Waals surface area contributed by atoms with Gasteiger partial charge in [0, 0.05) is 12.1 Å². The Bertz CT molecular complexity index is 786. The second-order valence-corrected chi connectivity index (χ2v) is 7.25. The molecule has 0 aliphatic heterocycles. The van der Waals surface area contributed by atoms with Crippen LogP contribution < -0.4 is 23.1 Å². The van der Waals surface area contributed by atoms with Crippen LogP contribution in [0.3, 0.4) is 0 Å². The summed E-state index contributed by atoms with van der Waals surface area (Å²) in [6.07, 6.45) is 5.44. The Hall–Kier alpha value is -2.47. The van der Waals surface area contributed by atoms with E-state index in [0.717, 1.165) is 17.7 Å². The molecule has 0 heterocycles. The molecule has 4 nitrogen and oxygen atoms in total. The van der Waals surface area contributed by atoms with Crippen molar-refractivity contribution in [1.82, 2.24) is 0 Å². The molecule has 162 valence electrons. The van der Waals surface area contributed by atoms with E-state index in [4.69, 9.17) is 5.84 Å². The Kier molecular flexibility index (Phi) is 11.0. The zero-order valence-electron chi connectivity index (χ0n) is 17.4. The SMILES string of the molecule is C=CC[N+](N)(CC=C)CCN(C(=O)CCCc1ccc(F)cc1)c1ccccc1.[Cl-]. The molecule has 2 aromatic rings. The minimum atomic E-state index is -0.248. The molecule has 2 aromatic carbocycles. The first-order valence-electron chi connectivity index (χ1n) is 9.94. The highest BCUT2D eigenvalue weighted by Gasteiger charge is 2.24. The molecule has 0 radical (unpaired) electrons. The molecule has 0 aliphatic carbocycles. The van der Waals surface area contributed by atoms with Gasteiger partial charge in [0.15, 0.2) is 0 Å². The normalized spacial score (nSPS) is 10.7. The van der Waals surface area contributed by atoms with Gasteiger partial charge in [0.05, 0.1) is 6.54 Å². The molecular formula is C24H31ClFN3O. The quantitative estimate of drug-likeness (QED) is 0.238. The topological polar surface area (TPSA) is 46.3 Å². The number of anilines is 1.